The molecule has 0 fully saturated rings. The molecule has 0 aliphatic rings. The molecule has 0 saturated carbocycles. The van der Waals surface area contributed by atoms with Crippen molar-refractivity contribution in [2.24, 2.45) is 0 Å². The average molecular weight is 468 g/mol. The molecule has 1 atom stereocenters. The number of furan rings is 1. The second-order valence-corrected chi connectivity index (χ2v) is 7.78. The van der Waals surface area contributed by atoms with Crippen molar-refractivity contribution in [1.82, 2.24) is 5.32 Å². The summed E-state index contributed by atoms with van der Waals surface area (Å²) in [7, 11) is 4.72. The number of methoxy groups -OCH3 is 3. The van der Waals surface area contributed by atoms with Gasteiger partial charge in [-0.05, 0) is 43.2 Å². The van der Waals surface area contributed by atoms with Gasteiger partial charge in [0.25, 0.3) is 0 Å². The lowest BCUT2D eigenvalue weighted by Crippen LogP contribution is -2.39. The van der Waals surface area contributed by atoms with E-state index in [2.05, 4.69) is 5.32 Å². The Bertz CT molecular complexity index is 1230. The molecule has 1 aromatic heterocycles. The predicted molar refractivity (Wildman–Crippen MR) is 129 cm³/mol. The second kappa shape index (κ2) is 10.8. The molecule has 0 aliphatic carbocycles. The van der Waals surface area contributed by atoms with Crippen LogP contribution in [0.1, 0.15) is 32.3 Å². The second-order valence-electron chi connectivity index (χ2n) is 7.78. The minimum absolute atomic E-state index is 0.351. The van der Waals surface area contributed by atoms with Crippen molar-refractivity contribution in [3.8, 4) is 28.4 Å². The number of carboxylic acid groups (broad SMARTS) is 1. The zero-order valence-electron chi connectivity index (χ0n) is 19.9. The summed E-state index contributed by atoms with van der Waals surface area (Å²) in [6.45, 7) is 3.63. The van der Waals surface area contributed by atoms with Gasteiger partial charge in [-0.25, -0.2) is 4.79 Å². The standard InChI is InChI=1S/C26H29NO7/c1-6-7-21(26(29)30)27-25(28)10-15(2)17-12-19-20(14-34-24(19)13-23(17)33-5)18-11-16(31-3)8-9-22(18)32-4/h8-14,21H,6-7H2,1-5H3,(H,27,28)(H,29,30)/b15-10+. The fraction of sp³-hybridized carbons (Fsp3) is 0.308. The highest BCUT2D eigenvalue weighted by atomic mass is 16.5. The Labute approximate surface area is 198 Å². The molecule has 3 rings (SSSR count). The van der Waals surface area contributed by atoms with E-state index in [-0.39, 0.29) is 0 Å². The van der Waals surface area contributed by atoms with E-state index in [0.717, 1.165) is 16.5 Å². The molecule has 0 spiro atoms. The van der Waals surface area contributed by atoms with Gasteiger partial charge >= 0.3 is 5.97 Å². The number of aliphatic carboxylic acids is 1. The van der Waals surface area contributed by atoms with Gasteiger partial charge in [0.15, 0.2) is 0 Å². The number of fused-ring (bicyclic) bond motifs is 1. The Kier molecular flexibility index (Phi) is 7.83. The number of amides is 1. The van der Waals surface area contributed by atoms with Gasteiger partial charge in [-0.3, -0.25) is 4.79 Å². The first-order valence-electron chi connectivity index (χ1n) is 10.9. The first-order valence-corrected chi connectivity index (χ1v) is 10.9. The number of hydrogen-bond acceptors (Lipinski definition) is 6. The zero-order chi connectivity index (χ0) is 24.8. The first-order chi connectivity index (χ1) is 16.3. The van der Waals surface area contributed by atoms with Crippen LogP contribution in [0.25, 0.3) is 27.7 Å². The molecule has 0 aliphatic heterocycles. The van der Waals surface area contributed by atoms with Crippen LogP contribution in [0.15, 0.2) is 47.1 Å². The summed E-state index contributed by atoms with van der Waals surface area (Å²) in [5, 5.41) is 12.7. The smallest absolute Gasteiger partial charge is 0.326 e. The number of carbonyl (C=O) groups excluding carboxylic acids is 1. The maximum atomic E-state index is 12.5. The minimum Gasteiger partial charge on any atom is -0.497 e. The van der Waals surface area contributed by atoms with Crippen LogP contribution in [0.4, 0.5) is 0 Å². The highest BCUT2D eigenvalue weighted by molar-refractivity contribution is 6.01. The van der Waals surface area contributed by atoms with Gasteiger partial charge in [0.05, 0.1) is 27.6 Å². The van der Waals surface area contributed by atoms with Gasteiger partial charge in [-0.15, -0.1) is 0 Å². The average Bonchev–Trinajstić information content (AvgIpc) is 3.24. The third kappa shape index (κ3) is 5.17. The fourth-order valence-corrected chi connectivity index (χ4v) is 3.80. The van der Waals surface area contributed by atoms with E-state index in [9.17, 15) is 14.7 Å². The molecule has 2 aromatic carbocycles. The molecule has 0 radical (unpaired) electrons. The fourth-order valence-electron chi connectivity index (χ4n) is 3.80. The minimum atomic E-state index is -1.06. The van der Waals surface area contributed by atoms with Crippen molar-refractivity contribution < 1.29 is 33.3 Å². The molecule has 1 amide bonds. The Balaban J connectivity index is 2.06. The van der Waals surface area contributed by atoms with E-state index in [1.165, 1.54) is 13.2 Å². The molecule has 8 nitrogen and oxygen atoms in total. The quantitative estimate of drug-likeness (QED) is 0.409. The number of rotatable bonds is 10. The third-order valence-corrected chi connectivity index (χ3v) is 5.56. The molecule has 8 heteroatoms. The van der Waals surface area contributed by atoms with Crippen molar-refractivity contribution in [2.45, 2.75) is 32.7 Å². The van der Waals surface area contributed by atoms with E-state index < -0.39 is 17.9 Å². The summed E-state index contributed by atoms with van der Waals surface area (Å²) in [5.74, 6) is 0.309. The van der Waals surface area contributed by atoms with Gasteiger partial charge in [0.2, 0.25) is 5.91 Å². The highest BCUT2D eigenvalue weighted by Gasteiger charge is 2.20. The largest absolute Gasteiger partial charge is 0.497 e. The van der Waals surface area contributed by atoms with Gasteiger partial charge < -0.3 is 29.1 Å². The van der Waals surface area contributed by atoms with Crippen LogP contribution in [0.2, 0.25) is 0 Å². The molecule has 1 heterocycles. The number of ether oxygens (including phenoxy) is 3. The lowest BCUT2D eigenvalue weighted by molar-refractivity contribution is -0.141. The molecular weight excluding hydrogens is 438 g/mol. The maximum absolute atomic E-state index is 12.5. The Morgan fingerprint density at radius 1 is 1.06 bits per heavy atom. The molecule has 0 bridgehead atoms. The molecule has 2 N–H and O–H groups in total. The molecule has 34 heavy (non-hydrogen) atoms. The van der Waals surface area contributed by atoms with Crippen LogP contribution in [0, 0.1) is 0 Å². The molecular formula is C26H29NO7. The number of benzene rings is 2. The lowest BCUT2D eigenvalue weighted by atomic mass is 9.98. The first kappa shape index (κ1) is 24.7. The van der Waals surface area contributed by atoms with Crippen LogP contribution in [0.3, 0.4) is 0 Å². The van der Waals surface area contributed by atoms with Crippen molar-refractivity contribution >= 4 is 28.4 Å². The summed E-state index contributed by atoms with van der Waals surface area (Å²) < 4.78 is 22.2. The third-order valence-electron chi connectivity index (χ3n) is 5.56. The normalized spacial score (nSPS) is 12.3. The Morgan fingerprint density at radius 2 is 1.79 bits per heavy atom. The summed E-state index contributed by atoms with van der Waals surface area (Å²) >= 11 is 0. The zero-order valence-corrected chi connectivity index (χ0v) is 19.9. The van der Waals surface area contributed by atoms with Crippen LogP contribution in [0.5, 0.6) is 17.2 Å². The van der Waals surface area contributed by atoms with E-state index in [4.69, 9.17) is 18.6 Å². The van der Waals surface area contributed by atoms with Gasteiger partial charge in [-0.2, -0.15) is 0 Å². The van der Waals surface area contributed by atoms with Crippen LogP contribution < -0.4 is 19.5 Å². The Morgan fingerprint density at radius 3 is 2.41 bits per heavy atom. The van der Waals surface area contributed by atoms with Crippen molar-refractivity contribution in [1.29, 1.82) is 0 Å². The number of carbonyl (C=O) groups is 2. The molecule has 1 unspecified atom stereocenters. The monoisotopic (exact) mass is 467 g/mol. The number of hydrogen-bond donors (Lipinski definition) is 2. The van der Waals surface area contributed by atoms with Crippen molar-refractivity contribution in [3.63, 3.8) is 0 Å². The number of carboxylic acids is 1. The maximum Gasteiger partial charge on any atom is 0.326 e. The van der Waals surface area contributed by atoms with Crippen molar-refractivity contribution in [2.75, 3.05) is 21.3 Å². The van der Waals surface area contributed by atoms with Gasteiger partial charge in [0, 0.05) is 34.2 Å². The predicted octanol–water partition coefficient (Wildman–Crippen LogP) is 4.90. The van der Waals surface area contributed by atoms with Crippen LogP contribution in [-0.4, -0.2) is 44.4 Å². The summed E-state index contributed by atoms with van der Waals surface area (Å²) in [6, 6.07) is 8.20. The van der Waals surface area contributed by atoms with Gasteiger partial charge in [-0.1, -0.05) is 13.3 Å². The van der Waals surface area contributed by atoms with Gasteiger partial charge in [0.1, 0.15) is 28.9 Å². The van der Waals surface area contributed by atoms with E-state index in [1.54, 1.807) is 33.5 Å². The summed E-state index contributed by atoms with van der Waals surface area (Å²) in [5.41, 5.74) is 3.48. The van der Waals surface area contributed by atoms with E-state index in [1.807, 2.05) is 31.2 Å². The Hall–Kier alpha value is -3.94. The van der Waals surface area contributed by atoms with Crippen LogP contribution in [-0.2, 0) is 9.59 Å². The van der Waals surface area contributed by atoms with Crippen molar-refractivity contribution in [3.05, 3.63) is 48.2 Å². The molecule has 3 aromatic rings. The number of allylic oxidation sites excluding steroid dienone is 1. The molecule has 180 valence electrons. The lowest BCUT2D eigenvalue weighted by Gasteiger charge is -2.13. The summed E-state index contributed by atoms with van der Waals surface area (Å²) in [4.78, 5) is 23.9. The SMILES string of the molecule is CCCC(NC(=O)/C=C(\C)c1cc2c(-c3cc(OC)ccc3OC)coc2cc1OC)C(=O)O. The number of nitrogens with one attached hydrogen (secondary N) is 1. The van der Waals surface area contributed by atoms with Crippen LogP contribution >= 0.6 is 0 Å². The van der Waals surface area contributed by atoms with E-state index >= 15 is 0 Å². The molecule has 0 saturated heterocycles. The van der Waals surface area contributed by atoms with E-state index in [0.29, 0.717) is 46.8 Å². The topological polar surface area (TPSA) is 107 Å². The summed E-state index contributed by atoms with van der Waals surface area (Å²) in [6.07, 6.45) is 4.01. The highest BCUT2D eigenvalue weighted by Crippen LogP contribution is 2.41.